The van der Waals surface area contributed by atoms with E-state index in [9.17, 15) is 9.59 Å². The molecule has 1 aromatic heterocycles. The Labute approximate surface area is 135 Å². The SMILES string of the molecule is CCC(=O)N1CCCN(C(=O)Cc2ccc3nc[nH]c3c2)CC1. The topological polar surface area (TPSA) is 69.3 Å². The molecule has 0 spiro atoms. The largest absolute Gasteiger partial charge is 0.345 e. The lowest BCUT2D eigenvalue weighted by Crippen LogP contribution is -2.37. The highest BCUT2D eigenvalue weighted by molar-refractivity contribution is 5.82. The van der Waals surface area contributed by atoms with Crippen molar-refractivity contribution < 1.29 is 9.59 Å². The van der Waals surface area contributed by atoms with E-state index in [1.165, 1.54) is 0 Å². The maximum Gasteiger partial charge on any atom is 0.227 e. The smallest absolute Gasteiger partial charge is 0.227 e. The van der Waals surface area contributed by atoms with Crippen LogP contribution in [-0.4, -0.2) is 57.8 Å². The number of nitrogens with zero attached hydrogens (tertiary/aromatic N) is 3. The van der Waals surface area contributed by atoms with E-state index in [0.717, 1.165) is 36.1 Å². The molecule has 0 bridgehead atoms. The lowest BCUT2D eigenvalue weighted by atomic mass is 10.1. The Morgan fingerprint density at radius 3 is 2.61 bits per heavy atom. The van der Waals surface area contributed by atoms with Gasteiger partial charge in [-0.05, 0) is 24.1 Å². The Balaban J connectivity index is 1.62. The van der Waals surface area contributed by atoms with Crippen LogP contribution in [0.2, 0.25) is 0 Å². The molecule has 1 fully saturated rings. The van der Waals surface area contributed by atoms with Crippen molar-refractivity contribution in [3.8, 4) is 0 Å². The highest BCUT2D eigenvalue weighted by atomic mass is 16.2. The first-order chi connectivity index (χ1) is 11.2. The molecule has 0 aliphatic carbocycles. The molecule has 0 saturated carbocycles. The number of rotatable bonds is 3. The van der Waals surface area contributed by atoms with Crippen molar-refractivity contribution >= 4 is 22.8 Å². The molecule has 2 heterocycles. The number of hydrogen-bond acceptors (Lipinski definition) is 3. The molecule has 1 aromatic carbocycles. The summed E-state index contributed by atoms with van der Waals surface area (Å²) in [5.74, 6) is 0.290. The van der Waals surface area contributed by atoms with Crippen LogP contribution in [0.3, 0.4) is 0 Å². The maximum atomic E-state index is 12.5. The van der Waals surface area contributed by atoms with Crippen molar-refractivity contribution in [1.29, 1.82) is 0 Å². The molecule has 1 N–H and O–H groups in total. The Bertz CT molecular complexity index is 709. The number of benzene rings is 1. The van der Waals surface area contributed by atoms with Crippen LogP contribution in [0.25, 0.3) is 11.0 Å². The molecule has 2 aromatic rings. The van der Waals surface area contributed by atoms with Gasteiger partial charge < -0.3 is 14.8 Å². The third-order valence-electron chi connectivity index (χ3n) is 4.34. The third-order valence-corrected chi connectivity index (χ3v) is 4.34. The third kappa shape index (κ3) is 3.52. The second kappa shape index (κ2) is 6.81. The van der Waals surface area contributed by atoms with E-state index in [0.29, 0.717) is 25.9 Å². The molecular weight excluding hydrogens is 292 g/mol. The average molecular weight is 314 g/mol. The van der Waals surface area contributed by atoms with Crippen molar-refractivity contribution in [1.82, 2.24) is 19.8 Å². The summed E-state index contributed by atoms with van der Waals surface area (Å²) in [5.41, 5.74) is 2.84. The Hall–Kier alpha value is -2.37. The van der Waals surface area contributed by atoms with E-state index in [2.05, 4.69) is 9.97 Å². The van der Waals surface area contributed by atoms with Crippen LogP contribution in [0.1, 0.15) is 25.3 Å². The number of nitrogens with one attached hydrogen (secondary N) is 1. The number of carbonyl (C=O) groups excluding carboxylic acids is 2. The molecular formula is C17H22N4O2. The molecule has 1 aliphatic rings. The summed E-state index contributed by atoms with van der Waals surface area (Å²) in [6, 6.07) is 5.86. The lowest BCUT2D eigenvalue weighted by molar-refractivity contribution is -0.133. The lowest BCUT2D eigenvalue weighted by Gasteiger charge is -2.22. The fourth-order valence-corrected chi connectivity index (χ4v) is 3.02. The zero-order chi connectivity index (χ0) is 16.2. The highest BCUT2D eigenvalue weighted by Gasteiger charge is 2.21. The van der Waals surface area contributed by atoms with Crippen LogP contribution in [0, 0.1) is 0 Å². The van der Waals surface area contributed by atoms with Gasteiger partial charge in [-0.15, -0.1) is 0 Å². The first-order valence-corrected chi connectivity index (χ1v) is 8.15. The highest BCUT2D eigenvalue weighted by Crippen LogP contribution is 2.14. The molecule has 1 aliphatic heterocycles. The van der Waals surface area contributed by atoms with E-state index in [1.807, 2.05) is 34.9 Å². The fraction of sp³-hybridized carbons (Fsp3) is 0.471. The van der Waals surface area contributed by atoms with Gasteiger partial charge in [0, 0.05) is 32.6 Å². The number of imidazole rings is 1. The summed E-state index contributed by atoms with van der Waals surface area (Å²) in [6.07, 6.45) is 3.41. The second-order valence-corrected chi connectivity index (χ2v) is 5.90. The van der Waals surface area contributed by atoms with Gasteiger partial charge in [-0.25, -0.2) is 4.98 Å². The van der Waals surface area contributed by atoms with E-state index in [-0.39, 0.29) is 11.8 Å². The van der Waals surface area contributed by atoms with Gasteiger partial charge in [-0.1, -0.05) is 13.0 Å². The Kier molecular flexibility index (Phi) is 4.60. The van der Waals surface area contributed by atoms with Gasteiger partial charge in [0.1, 0.15) is 0 Å². The number of aromatic nitrogens is 2. The molecule has 1 saturated heterocycles. The number of carbonyl (C=O) groups is 2. The molecule has 0 radical (unpaired) electrons. The van der Waals surface area contributed by atoms with Crippen LogP contribution >= 0.6 is 0 Å². The predicted molar refractivity (Wildman–Crippen MR) is 87.9 cm³/mol. The zero-order valence-corrected chi connectivity index (χ0v) is 13.4. The van der Waals surface area contributed by atoms with Gasteiger partial charge in [-0.2, -0.15) is 0 Å². The van der Waals surface area contributed by atoms with Gasteiger partial charge in [0.25, 0.3) is 0 Å². The fourth-order valence-electron chi connectivity index (χ4n) is 3.02. The van der Waals surface area contributed by atoms with Gasteiger partial charge in [0.05, 0.1) is 23.8 Å². The number of H-pyrrole nitrogens is 1. The van der Waals surface area contributed by atoms with Crippen LogP contribution in [0.5, 0.6) is 0 Å². The summed E-state index contributed by atoms with van der Waals surface area (Å²) in [7, 11) is 0. The summed E-state index contributed by atoms with van der Waals surface area (Å²) in [6.45, 7) is 4.60. The van der Waals surface area contributed by atoms with Crippen molar-refractivity contribution in [3.63, 3.8) is 0 Å². The normalized spacial score (nSPS) is 15.7. The minimum atomic E-state index is 0.120. The molecule has 122 valence electrons. The number of fused-ring (bicyclic) bond motifs is 1. The molecule has 0 atom stereocenters. The van der Waals surface area contributed by atoms with E-state index in [4.69, 9.17) is 0 Å². The molecule has 0 unspecified atom stereocenters. The molecule has 6 heteroatoms. The standard InChI is InChI=1S/C17H22N4O2/c1-2-16(22)20-6-3-7-21(9-8-20)17(23)11-13-4-5-14-15(10-13)19-12-18-14/h4-5,10,12H,2-3,6-9,11H2,1H3,(H,18,19). The van der Waals surface area contributed by atoms with Gasteiger partial charge in [0.2, 0.25) is 11.8 Å². The number of aromatic amines is 1. The Morgan fingerprint density at radius 2 is 1.87 bits per heavy atom. The first-order valence-electron chi connectivity index (χ1n) is 8.15. The van der Waals surface area contributed by atoms with Crippen molar-refractivity contribution in [2.24, 2.45) is 0 Å². The second-order valence-electron chi connectivity index (χ2n) is 5.90. The number of amides is 2. The van der Waals surface area contributed by atoms with Crippen molar-refractivity contribution in [2.75, 3.05) is 26.2 Å². The van der Waals surface area contributed by atoms with Gasteiger partial charge >= 0.3 is 0 Å². The van der Waals surface area contributed by atoms with Crippen LogP contribution < -0.4 is 0 Å². The van der Waals surface area contributed by atoms with E-state index < -0.39 is 0 Å². The van der Waals surface area contributed by atoms with Crippen LogP contribution in [0.15, 0.2) is 24.5 Å². The molecule has 6 nitrogen and oxygen atoms in total. The maximum absolute atomic E-state index is 12.5. The van der Waals surface area contributed by atoms with Crippen molar-refractivity contribution in [2.45, 2.75) is 26.2 Å². The summed E-state index contributed by atoms with van der Waals surface area (Å²) in [5, 5.41) is 0. The quantitative estimate of drug-likeness (QED) is 0.935. The summed E-state index contributed by atoms with van der Waals surface area (Å²) in [4.78, 5) is 35.3. The molecule has 3 rings (SSSR count). The molecule has 2 amide bonds. The monoisotopic (exact) mass is 314 g/mol. The predicted octanol–water partition coefficient (Wildman–Crippen LogP) is 1.58. The van der Waals surface area contributed by atoms with Gasteiger partial charge in [0.15, 0.2) is 0 Å². The first kappa shape index (κ1) is 15.5. The number of hydrogen-bond donors (Lipinski definition) is 1. The Morgan fingerprint density at radius 1 is 1.13 bits per heavy atom. The summed E-state index contributed by atoms with van der Waals surface area (Å²) < 4.78 is 0. The minimum absolute atomic E-state index is 0.120. The van der Waals surface area contributed by atoms with Gasteiger partial charge in [-0.3, -0.25) is 9.59 Å². The molecule has 23 heavy (non-hydrogen) atoms. The average Bonchev–Trinajstić information content (AvgIpc) is 2.88. The summed E-state index contributed by atoms with van der Waals surface area (Å²) >= 11 is 0. The van der Waals surface area contributed by atoms with E-state index >= 15 is 0 Å². The minimum Gasteiger partial charge on any atom is -0.345 e. The van der Waals surface area contributed by atoms with Crippen molar-refractivity contribution in [3.05, 3.63) is 30.1 Å². The zero-order valence-electron chi connectivity index (χ0n) is 13.4. The van der Waals surface area contributed by atoms with Crippen LogP contribution in [0.4, 0.5) is 0 Å². The van der Waals surface area contributed by atoms with E-state index in [1.54, 1.807) is 6.33 Å². The van der Waals surface area contributed by atoms with Crippen LogP contribution in [-0.2, 0) is 16.0 Å².